The van der Waals surface area contributed by atoms with Gasteiger partial charge in [0, 0.05) is 12.8 Å². The average Bonchev–Trinajstić information content (AvgIpc) is 3.57. The van der Waals surface area contributed by atoms with E-state index in [1.54, 1.807) is 60.7 Å². The Morgan fingerprint density at radius 2 is 1.05 bits per heavy atom. The highest BCUT2D eigenvalue weighted by molar-refractivity contribution is 6.04. The van der Waals surface area contributed by atoms with Crippen LogP contribution < -0.4 is 11.5 Å². The van der Waals surface area contributed by atoms with Gasteiger partial charge in [-0.3, -0.25) is 19.2 Å². The first kappa shape index (κ1) is 29.6. The van der Waals surface area contributed by atoms with E-state index in [9.17, 15) is 28.8 Å². The SMILES string of the molecule is NC(CC(N)C(=O)C1CCC(=O)N1C(=O)OCc1ccccc1)C(=O)C1CCC(=O)N1C(=O)OCc1ccccc1. The molecule has 12 nitrogen and oxygen atoms in total. The summed E-state index contributed by atoms with van der Waals surface area (Å²) in [5.41, 5.74) is 13.6. The van der Waals surface area contributed by atoms with Crippen LogP contribution in [0.3, 0.4) is 0 Å². The van der Waals surface area contributed by atoms with Gasteiger partial charge in [-0.1, -0.05) is 60.7 Å². The smallest absolute Gasteiger partial charge is 0.417 e. The van der Waals surface area contributed by atoms with Crippen LogP contribution in [0, 0.1) is 0 Å². The van der Waals surface area contributed by atoms with Crippen LogP contribution in [0.1, 0.15) is 43.2 Å². The Hall–Kier alpha value is -4.42. The molecule has 2 aliphatic rings. The van der Waals surface area contributed by atoms with E-state index in [-0.39, 0.29) is 45.3 Å². The zero-order valence-electron chi connectivity index (χ0n) is 22.3. The highest BCUT2D eigenvalue weighted by Crippen LogP contribution is 2.25. The summed E-state index contributed by atoms with van der Waals surface area (Å²) in [6, 6.07) is 12.8. The number of carbonyl (C=O) groups excluding carboxylic acids is 6. The van der Waals surface area contributed by atoms with Gasteiger partial charge in [-0.15, -0.1) is 0 Å². The van der Waals surface area contributed by atoms with Crippen LogP contribution in [0.4, 0.5) is 9.59 Å². The van der Waals surface area contributed by atoms with Crippen molar-refractivity contribution in [3.63, 3.8) is 0 Å². The Labute approximate surface area is 236 Å². The molecule has 4 unspecified atom stereocenters. The maximum absolute atomic E-state index is 13.2. The number of likely N-dealkylation sites (tertiary alicyclic amines) is 2. The number of nitrogens with two attached hydrogens (primary N) is 2. The fourth-order valence-electron chi connectivity index (χ4n) is 4.94. The van der Waals surface area contributed by atoms with Crippen LogP contribution in [-0.2, 0) is 41.9 Å². The van der Waals surface area contributed by atoms with Crippen LogP contribution in [0.5, 0.6) is 0 Å². The van der Waals surface area contributed by atoms with Crippen molar-refractivity contribution in [2.24, 2.45) is 11.5 Å². The average molecular weight is 565 g/mol. The number of imide groups is 2. The molecule has 0 aliphatic carbocycles. The summed E-state index contributed by atoms with van der Waals surface area (Å²) in [6.45, 7) is -0.166. The molecule has 4 rings (SSSR count). The van der Waals surface area contributed by atoms with Crippen molar-refractivity contribution in [3.05, 3.63) is 71.8 Å². The molecule has 4 N–H and O–H groups in total. The molecule has 4 amide bonds. The molecule has 4 atom stereocenters. The van der Waals surface area contributed by atoms with Crippen LogP contribution in [-0.4, -0.2) is 69.5 Å². The van der Waals surface area contributed by atoms with Gasteiger partial charge in [-0.25, -0.2) is 19.4 Å². The molecule has 0 saturated carbocycles. The lowest BCUT2D eigenvalue weighted by atomic mass is 9.93. The van der Waals surface area contributed by atoms with Gasteiger partial charge in [0.05, 0.1) is 12.1 Å². The van der Waals surface area contributed by atoms with Gasteiger partial charge in [0.15, 0.2) is 11.6 Å². The van der Waals surface area contributed by atoms with E-state index >= 15 is 0 Å². The first-order chi connectivity index (χ1) is 19.7. The summed E-state index contributed by atoms with van der Waals surface area (Å²) >= 11 is 0. The molecule has 0 spiro atoms. The molecular formula is C29H32N4O8. The molecule has 0 aromatic heterocycles. The van der Waals surface area contributed by atoms with E-state index in [4.69, 9.17) is 20.9 Å². The fourth-order valence-corrected chi connectivity index (χ4v) is 4.94. The van der Waals surface area contributed by atoms with Crippen LogP contribution in [0.2, 0.25) is 0 Å². The molecule has 2 aromatic carbocycles. The third-order valence-corrected chi connectivity index (χ3v) is 7.12. The minimum Gasteiger partial charge on any atom is -0.444 e. The molecule has 2 aliphatic heterocycles. The number of ketones is 2. The molecule has 41 heavy (non-hydrogen) atoms. The minimum absolute atomic E-state index is 0.0429. The van der Waals surface area contributed by atoms with Crippen molar-refractivity contribution in [2.45, 2.75) is 69.5 Å². The number of hydrogen-bond acceptors (Lipinski definition) is 10. The Morgan fingerprint density at radius 1 is 0.683 bits per heavy atom. The zero-order valence-corrected chi connectivity index (χ0v) is 22.3. The molecule has 2 fully saturated rings. The first-order valence-corrected chi connectivity index (χ1v) is 13.3. The number of rotatable bonds is 10. The van der Waals surface area contributed by atoms with Gasteiger partial charge < -0.3 is 20.9 Å². The summed E-state index contributed by atoms with van der Waals surface area (Å²) < 4.78 is 10.5. The molecule has 12 heteroatoms. The highest BCUT2D eigenvalue weighted by atomic mass is 16.6. The van der Waals surface area contributed by atoms with Gasteiger partial charge in [0.25, 0.3) is 0 Å². The maximum atomic E-state index is 13.2. The van der Waals surface area contributed by atoms with Crippen molar-refractivity contribution in [1.29, 1.82) is 0 Å². The Balaban J connectivity index is 1.34. The van der Waals surface area contributed by atoms with Crippen molar-refractivity contribution in [2.75, 3.05) is 0 Å². The second kappa shape index (κ2) is 13.3. The predicted molar refractivity (Wildman–Crippen MR) is 144 cm³/mol. The molecule has 2 saturated heterocycles. The van der Waals surface area contributed by atoms with Crippen LogP contribution >= 0.6 is 0 Å². The van der Waals surface area contributed by atoms with Crippen molar-refractivity contribution in [3.8, 4) is 0 Å². The number of ether oxygens (including phenoxy) is 2. The second-order valence-corrected chi connectivity index (χ2v) is 9.97. The lowest BCUT2D eigenvalue weighted by Gasteiger charge is -2.26. The third-order valence-electron chi connectivity index (χ3n) is 7.12. The summed E-state index contributed by atoms with van der Waals surface area (Å²) in [7, 11) is 0. The summed E-state index contributed by atoms with van der Waals surface area (Å²) in [6.07, 6.45) is -2.20. The van der Waals surface area contributed by atoms with E-state index in [1.165, 1.54) is 0 Å². The van der Waals surface area contributed by atoms with Crippen LogP contribution in [0.25, 0.3) is 0 Å². The van der Waals surface area contributed by atoms with E-state index in [1.807, 2.05) is 0 Å². The first-order valence-electron chi connectivity index (χ1n) is 13.3. The lowest BCUT2D eigenvalue weighted by molar-refractivity contribution is -0.134. The zero-order chi connectivity index (χ0) is 29.5. The molecule has 216 valence electrons. The van der Waals surface area contributed by atoms with Crippen molar-refractivity contribution in [1.82, 2.24) is 9.80 Å². The standard InChI is InChI=1S/C29H32N4O8/c30-20(26(36)22-11-13-24(34)32(22)28(38)40-16-18-7-3-1-4-8-18)15-21(31)27(37)23-12-14-25(35)33(23)29(39)41-17-19-9-5-2-6-10-19/h1-10,20-23H,11-17,30-31H2. The van der Waals surface area contributed by atoms with E-state index in [0.29, 0.717) is 11.1 Å². The summed E-state index contributed by atoms with van der Waals surface area (Å²) in [5, 5.41) is 0. The predicted octanol–water partition coefficient (Wildman–Crippen LogP) is 1.82. The van der Waals surface area contributed by atoms with Crippen molar-refractivity contribution >= 4 is 35.6 Å². The fraction of sp³-hybridized carbons (Fsp3) is 0.379. The minimum atomic E-state index is -1.29. The quantitative estimate of drug-likeness (QED) is 0.432. The molecule has 0 bridgehead atoms. The van der Waals surface area contributed by atoms with Gasteiger partial charge in [-0.2, -0.15) is 0 Å². The number of nitrogens with zero attached hydrogens (tertiary/aromatic N) is 2. The second-order valence-electron chi connectivity index (χ2n) is 9.97. The Morgan fingerprint density at radius 3 is 1.41 bits per heavy atom. The summed E-state index contributed by atoms with van der Waals surface area (Å²) in [5.74, 6) is -2.42. The van der Waals surface area contributed by atoms with Gasteiger partial charge in [0.1, 0.15) is 25.3 Å². The number of carbonyl (C=O) groups is 6. The van der Waals surface area contributed by atoms with Crippen LogP contribution in [0.15, 0.2) is 60.7 Å². The molecule has 2 heterocycles. The lowest BCUT2D eigenvalue weighted by Crippen LogP contribution is -2.53. The van der Waals surface area contributed by atoms with Gasteiger partial charge in [0.2, 0.25) is 11.8 Å². The van der Waals surface area contributed by atoms with Crippen molar-refractivity contribution < 1.29 is 38.2 Å². The third kappa shape index (κ3) is 7.02. The monoisotopic (exact) mass is 564 g/mol. The molecule has 0 radical (unpaired) electrons. The number of benzene rings is 2. The highest BCUT2D eigenvalue weighted by Gasteiger charge is 2.45. The largest absolute Gasteiger partial charge is 0.444 e. The topological polar surface area (TPSA) is 179 Å². The summed E-state index contributed by atoms with van der Waals surface area (Å²) in [4.78, 5) is 78.0. The number of hydrogen-bond donors (Lipinski definition) is 2. The maximum Gasteiger partial charge on any atom is 0.417 e. The number of Topliss-reactive ketones (excluding diaryl/α,β-unsaturated/α-hetero) is 2. The number of amides is 4. The van der Waals surface area contributed by atoms with Gasteiger partial charge in [-0.05, 0) is 30.4 Å². The molecule has 2 aromatic rings. The Bertz CT molecular complexity index is 1200. The normalized spacial score (nSPS) is 20.0. The van der Waals surface area contributed by atoms with E-state index < -0.39 is 59.7 Å². The Kier molecular flexibility index (Phi) is 9.58. The molecular weight excluding hydrogens is 532 g/mol. The van der Waals surface area contributed by atoms with Gasteiger partial charge >= 0.3 is 12.2 Å². The van der Waals surface area contributed by atoms with E-state index in [0.717, 1.165) is 9.80 Å². The van der Waals surface area contributed by atoms with E-state index in [2.05, 4.69) is 0 Å².